The van der Waals surface area contributed by atoms with Gasteiger partial charge in [0.2, 0.25) is 5.78 Å². The fraction of sp³-hybridized carbons (Fsp3) is 0.217. The molecule has 0 saturated heterocycles. The van der Waals surface area contributed by atoms with Crippen molar-refractivity contribution in [3.8, 4) is 28.3 Å². The normalized spacial score (nSPS) is 11.2. The first kappa shape index (κ1) is 19.3. The average molecular weight is 408 g/mol. The van der Waals surface area contributed by atoms with Crippen LogP contribution in [-0.4, -0.2) is 19.1 Å². The Morgan fingerprint density at radius 1 is 1.00 bits per heavy atom. The van der Waals surface area contributed by atoms with Gasteiger partial charge in [-0.25, -0.2) is 4.98 Å². The van der Waals surface area contributed by atoms with Crippen LogP contribution in [0.4, 0.5) is 0 Å². The van der Waals surface area contributed by atoms with Crippen LogP contribution in [0.3, 0.4) is 0 Å². The Hall–Kier alpha value is -3.05. The summed E-state index contributed by atoms with van der Waals surface area (Å²) in [5.41, 5.74) is 3.17. The van der Waals surface area contributed by atoms with E-state index in [0.717, 1.165) is 48.3 Å². The van der Waals surface area contributed by atoms with E-state index >= 15 is 0 Å². The maximum Gasteiger partial charge on any atom is 0.259 e. The van der Waals surface area contributed by atoms with E-state index in [2.05, 4.69) is 11.5 Å². The number of rotatable bonds is 6. The Balaban J connectivity index is 1.90. The van der Waals surface area contributed by atoms with Crippen molar-refractivity contribution in [2.75, 3.05) is 0 Å². The van der Waals surface area contributed by atoms with Gasteiger partial charge in [0.15, 0.2) is 0 Å². The number of unbranched alkanes of at least 4 members (excludes halogenated alkanes) is 2. The first-order valence-electron chi connectivity index (χ1n) is 9.75. The van der Waals surface area contributed by atoms with Crippen molar-refractivity contribution in [1.29, 1.82) is 0 Å². The highest BCUT2D eigenvalue weighted by molar-refractivity contribution is 6.30. The van der Waals surface area contributed by atoms with Gasteiger partial charge in [0.1, 0.15) is 5.75 Å². The molecule has 0 aliphatic heterocycles. The zero-order valence-corrected chi connectivity index (χ0v) is 16.9. The molecule has 0 amide bonds. The molecular formula is C23H22ClN3O2. The molecule has 0 atom stereocenters. The van der Waals surface area contributed by atoms with Gasteiger partial charge in [-0.3, -0.25) is 9.20 Å². The molecule has 4 rings (SSSR count). The lowest BCUT2D eigenvalue weighted by Gasteiger charge is -2.15. The minimum atomic E-state index is -0.137. The van der Waals surface area contributed by atoms with E-state index in [1.807, 2.05) is 36.4 Å². The van der Waals surface area contributed by atoms with E-state index in [1.165, 1.54) is 0 Å². The SMILES string of the molecule is CCCCCn1c(-c2ccc(O)cc2)cc(=O)n2cc(-c3ccc(Cl)cc3)nc12. The van der Waals surface area contributed by atoms with Crippen LogP contribution in [0.15, 0.2) is 65.6 Å². The van der Waals surface area contributed by atoms with E-state index < -0.39 is 0 Å². The van der Waals surface area contributed by atoms with Gasteiger partial charge in [0, 0.05) is 29.4 Å². The van der Waals surface area contributed by atoms with Gasteiger partial charge >= 0.3 is 0 Å². The van der Waals surface area contributed by atoms with E-state index in [4.69, 9.17) is 16.6 Å². The highest BCUT2D eigenvalue weighted by Gasteiger charge is 2.15. The third-order valence-electron chi connectivity index (χ3n) is 5.01. The highest BCUT2D eigenvalue weighted by atomic mass is 35.5. The third-order valence-corrected chi connectivity index (χ3v) is 5.26. The van der Waals surface area contributed by atoms with Crippen LogP contribution < -0.4 is 5.56 Å². The van der Waals surface area contributed by atoms with Crippen molar-refractivity contribution in [2.45, 2.75) is 32.7 Å². The lowest BCUT2D eigenvalue weighted by molar-refractivity contribution is 0.475. The smallest absolute Gasteiger partial charge is 0.259 e. The van der Waals surface area contributed by atoms with E-state index in [-0.39, 0.29) is 11.3 Å². The first-order valence-corrected chi connectivity index (χ1v) is 10.1. The molecule has 2 heterocycles. The van der Waals surface area contributed by atoms with E-state index in [1.54, 1.807) is 28.8 Å². The summed E-state index contributed by atoms with van der Waals surface area (Å²) in [6, 6.07) is 16.0. The summed E-state index contributed by atoms with van der Waals surface area (Å²) in [7, 11) is 0. The van der Waals surface area contributed by atoms with Gasteiger partial charge in [0.25, 0.3) is 5.56 Å². The monoisotopic (exact) mass is 407 g/mol. The Morgan fingerprint density at radius 2 is 1.69 bits per heavy atom. The van der Waals surface area contributed by atoms with Crippen molar-refractivity contribution in [2.24, 2.45) is 0 Å². The molecule has 6 heteroatoms. The van der Waals surface area contributed by atoms with Crippen molar-refractivity contribution in [3.63, 3.8) is 0 Å². The number of phenolic OH excluding ortho intramolecular Hbond substituents is 1. The summed E-state index contributed by atoms with van der Waals surface area (Å²) in [4.78, 5) is 17.6. The van der Waals surface area contributed by atoms with Gasteiger partial charge < -0.3 is 9.67 Å². The zero-order chi connectivity index (χ0) is 20.4. The van der Waals surface area contributed by atoms with Crippen LogP contribution in [0.25, 0.3) is 28.3 Å². The van der Waals surface area contributed by atoms with E-state index in [9.17, 15) is 9.90 Å². The fourth-order valence-electron chi connectivity index (χ4n) is 3.47. The van der Waals surface area contributed by atoms with Crippen LogP contribution in [-0.2, 0) is 6.54 Å². The summed E-state index contributed by atoms with van der Waals surface area (Å²) >= 11 is 6.00. The van der Waals surface area contributed by atoms with Crippen LogP contribution in [0.1, 0.15) is 26.2 Å². The van der Waals surface area contributed by atoms with Crippen LogP contribution in [0.5, 0.6) is 5.75 Å². The molecule has 29 heavy (non-hydrogen) atoms. The Labute approximate surface area is 173 Å². The molecule has 0 saturated carbocycles. The molecule has 0 aliphatic rings. The average Bonchev–Trinajstić information content (AvgIpc) is 3.17. The summed E-state index contributed by atoms with van der Waals surface area (Å²) in [6.07, 6.45) is 4.97. The number of nitrogens with zero attached hydrogens (tertiary/aromatic N) is 3. The number of aromatic nitrogens is 3. The van der Waals surface area contributed by atoms with E-state index in [0.29, 0.717) is 10.8 Å². The summed E-state index contributed by atoms with van der Waals surface area (Å²) in [5, 5.41) is 10.3. The Morgan fingerprint density at radius 3 is 2.38 bits per heavy atom. The molecule has 148 valence electrons. The maximum absolute atomic E-state index is 12.9. The number of halogens is 1. The molecule has 0 fully saturated rings. The highest BCUT2D eigenvalue weighted by Crippen LogP contribution is 2.25. The van der Waals surface area contributed by atoms with Crippen LogP contribution in [0, 0.1) is 0 Å². The Bertz CT molecular complexity index is 1190. The predicted octanol–water partition coefficient (Wildman–Crippen LogP) is 5.38. The molecule has 0 bridgehead atoms. The van der Waals surface area contributed by atoms with Crippen molar-refractivity contribution in [1.82, 2.24) is 14.0 Å². The predicted molar refractivity (Wildman–Crippen MR) is 117 cm³/mol. The summed E-state index contributed by atoms with van der Waals surface area (Å²) < 4.78 is 3.68. The number of hydrogen-bond acceptors (Lipinski definition) is 3. The molecule has 4 aromatic rings. The molecule has 0 spiro atoms. The summed E-state index contributed by atoms with van der Waals surface area (Å²) in [5.74, 6) is 0.808. The molecule has 2 aromatic carbocycles. The molecule has 0 unspecified atom stereocenters. The Kier molecular flexibility index (Phi) is 5.41. The van der Waals surface area contributed by atoms with Crippen LogP contribution >= 0.6 is 11.6 Å². The van der Waals surface area contributed by atoms with Gasteiger partial charge in [-0.05, 0) is 48.4 Å². The second kappa shape index (κ2) is 8.13. The lowest BCUT2D eigenvalue weighted by Crippen LogP contribution is -2.18. The van der Waals surface area contributed by atoms with Crippen molar-refractivity contribution < 1.29 is 5.11 Å². The third kappa shape index (κ3) is 3.91. The molecule has 0 radical (unpaired) electrons. The standard InChI is InChI=1S/C23H22ClN3O2/c1-2-3-4-13-26-21(17-7-11-19(28)12-8-17)14-22(29)27-15-20(25-23(26)27)16-5-9-18(24)10-6-16/h5-12,14-15,28H,2-4,13H2,1H3. The fourth-order valence-corrected chi connectivity index (χ4v) is 3.59. The van der Waals surface area contributed by atoms with Crippen LogP contribution in [0.2, 0.25) is 5.02 Å². The molecular weight excluding hydrogens is 386 g/mol. The number of fused-ring (bicyclic) bond motifs is 1. The summed E-state index contributed by atoms with van der Waals surface area (Å²) in [6.45, 7) is 2.92. The van der Waals surface area contributed by atoms with Crippen molar-refractivity contribution in [3.05, 3.63) is 76.2 Å². The maximum atomic E-state index is 12.9. The first-order chi connectivity index (χ1) is 14.1. The number of phenols is 1. The van der Waals surface area contributed by atoms with Gasteiger partial charge in [0.05, 0.1) is 11.4 Å². The largest absolute Gasteiger partial charge is 0.508 e. The number of aromatic hydroxyl groups is 1. The number of imidazole rings is 1. The van der Waals surface area contributed by atoms with Gasteiger partial charge in [-0.2, -0.15) is 0 Å². The molecule has 0 aliphatic carbocycles. The topological polar surface area (TPSA) is 59.5 Å². The van der Waals surface area contributed by atoms with Gasteiger partial charge in [-0.1, -0.05) is 43.5 Å². The quantitative estimate of drug-likeness (QED) is 0.436. The second-order valence-electron chi connectivity index (χ2n) is 7.08. The zero-order valence-electron chi connectivity index (χ0n) is 16.2. The minimum Gasteiger partial charge on any atom is -0.508 e. The van der Waals surface area contributed by atoms with Crippen molar-refractivity contribution >= 4 is 17.4 Å². The number of benzene rings is 2. The van der Waals surface area contributed by atoms with Gasteiger partial charge in [-0.15, -0.1) is 0 Å². The molecule has 2 aromatic heterocycles. The number of aryl methyl sites for hydroxylation is 1. The molecule has 5 nitrogen and oxygen atoms in total. The minimum absolute atomic E-state index is 0.137. The lowest BCUT2D eigenvalue weighted by atomic mass is 10.1. The number of hydrogen-bond donors (Lipinski definition) is 1. The second-order valence-corrected chi connectivity index (χ2v) is 7.51. The molecule has 1 N–H and O–H groups in total.